The summed E-state index contributed by atoms with van der Waals surface area (Å²) in [6, 6.07) is 0. The van der Waals surface area contributed by atoms with Gasteiger partial charge in [0, 0.05) is 31.1 Å². The molecule has 8 heteroatoms. The zero-order valence-electron chi connectivity index (χ0n) is 30.6. The van der Waals surface area contributed by atoms with E-state index in [-0.39, 0.29) is 37.1 Å². The second kappa shape index (κ2) is 28.8. The molecule has 0 spiro atoms. The molecule has 8 nitrogen and oxygen atoms in total. The Kier molecular flexibility index (Phi) is 26.4. The first-order valence-electron chi connectivity index (χ1n) is 19.4. The molecule has 0 aromatic rings. The van der Waals surface area contributed by atoms with Crippen LogP contribution in [0.25, 0.3) is 0 Å². The van der Waals surface area contributed by atoms with Crippen molar-refractivity contribution in [1.29, 1.82) is 0 Å². The molecule has 0 aromatic carbocycles. The Balaban J connectivity index is 2.13. The number of hydrogen-bond donors (Lipinski definition) is 3. The van der Waals surface area contributed by atoms with Gasteiger partial charge in [-0.25, -0.2) is 0 Å². The zero-order chi connectivity index (χ0) is 35.4. The van der Waals surface area contributed by atoms with Crippen molar-refractivity contribution in [3.8, 4) is 0 Å². The smallest absolute Gasteiger partial charge is 0.306 e. The highest BCUT2D eigenvalue weighted by molar-refractivity contribution is 5.86. The summed E-state index contributed by atoms with van der Waals surface area (Å²) in [4.78, 5) is 36.8. The maximum Gasteiger partial charge on any atom is 0.306 e. The molecular formula is C40H70O8. The van der Waals surface area contributed by atoms with Gasteiger partial charge < -0.3 is 24.8 Å². The van der Waals surface area contributed by atoms with Crippen LogP contribution >= 0.6 is 0 Å². The summed E-state index contributed by atoms with van der Waals surface area (Å²) in [7, 11) is 0. The maximum absolute atomic E-state index is 12.4. The molecule has 0 unspecified atom stereocenters. The normalized spacial score (nSPS) is 19.5. The molecule has 1 saturated carbocycles. The van der Waals surface area contributed by atoms with Gasteiger partial charge in [0.1, 0.15) is 12.4 Å². The maximum atomic E-state index is 12.4. The molecule has 0 aliphatic heterocycles. The van der Waals surface area contributed by atoms with Crippen molar-refractivity contribution >= 4 is 17.7 Å². The van der Waals surface area contributed by atoms with E-state index in [0.717, 1.165) is 44.4 Å². The van der Waals surface area contributed by atoms with Crippen LogP contribution in [0.2, 0.25) is 0 Å². The van der Waals surface area contributed by atoms with E-state index in [4.69, 9.17) is 9.47 Å². The van der Waals surface area contributed by atoms with E-state index in [9.17, 15) is 29.7 Å². The first-order valence-corrected chi connectivity index (χ1v) is 19.4. The molecule has 0 heterocycles. The lowest BCUT2D eigenvalue weighted by molar-refractivity contribution is -0.161. The van der Waals surface area contributed by atoms with Gasteiger partial charge in [0.05, 0.1) is 18.8 Å². The van der Waals surface area contributed by atoms with Gasteiger partial charge in [-0.3, -0.25) is 14.4 Å². The Morgan fingerprint density at radius 2 is 1.44 bits per heavy atom. The van der Waals surface area contributed by atoms with Crippen molar-refractivity contribution in [3.63, 3.8) is 0 Å². The number of carbonyl (C=O) groups excluding carboxylic acids is 3. The summed E-state index contributed by atoms with van der Waals surface area (Å²) in [5.41, 5.74) is 0. The van der Waals surface area contributed by atoms with Gasteiger partial charge in [-0.2, -0.15) is 0 Å². The minimum absolute atomic E-state index is 0.00178. The van der Waals surface area contributed by atoms with Gasteiger partial charge in [-0.1, -0.05) is 135 Å². The summed E-state index contributed by atoms with van der Waals surface area (Å²) in [5.74, 6) is -0.582. The van der Waals surface area contributed by atoms with Crippen molar-refractivity contribution in [2.75, 3.05) is 13.2 Å². The van der Waals surface area contributed by atoms with E-state index in [1.54, 1.807) is 12.2 Å². The van der Waals surface area contributed by atoms with Crippen LogP contribution in [-0.2, 0) is 23.9 Å². The predicted octanol–water partition coefficient (Wildman–Crippen LogP) is 8.34. The van der Waals surface area contributed by atoms with Crippen molar-refractivity contribution in [2.45, 2.75) is 180 Å². The SMILES string of the molecule is CCCCC[C@H](O)/C=C/[C@H]1C(=O)C[C@H](O)[C@@H]1C/C=C\CCCC(=O)OC[C@H](CO)OC(=O)CCCCCCCCCCCCCC(C)C. The van der Waals surface area contributed by atoms with Gasteiger partial charge >= 0.3 is 11.9 Å². The number of allylic oxidation sites excluding steroid dienone is 3. The summed E-state index contributed by atoms with van der Waals surface area (Å²) >= 11 is 0. The Hall–Kier alpha value is -2.03. The molecule has 0 aromatic heterocycles. The van der Waals surface area contributed by atoms with Gasteiger partial charge in [-0.15, -0.1) is 0 Å². The third kappa shape index (κ3) is 22.6. The number of ether oxygens (including phenoxy) is 2. The lowest BCUT2D eigenvalue weighted by atomic mass is 9.90. The zero-order valence-corrected chi connectivity index (χ0v) is 30.6. The van der Waals surface area contributed by atoms with Gasteiger partial charge in [0.25, 0.3) is 0 Å². The molecule has 0 bridgehead atoms. The number of hydrogen-bond acceptors (Lipinski definition) is 8. The fourth-order valence-corrected chi connectivity index (χ4v) is 6.25. The molecule has 0 saturated heterocycles. The van der Waals surface area contributed by atoms with Crippen LogP contribution in [0.4, 0.5) is 0 Å². The molecular weight excluding hydrogens is 608 g/mol. The van der Waals surface area contributed by atoms with Crippen LogP contribution in [0.5, 0.6) is 0 Å². The average molecular weight is 679 g/mol. The Morgan fingerprint density at radius 1 is 0.833 bits per heavy atom. The number of carbonyl (C=O) groups is 3. The summed E-state index contributed by atoms with van der Waals surface area (Å²) in [6.07, 6.45) is 26.0. The molecule has 0 amide bonds. The lowest BCUT2D eigenvalue weighted by Crippen LogP contribution is -2.28. The molecule has 5 atom stereocenters. The van der Waals surface area contributed by atoms with Crippen molar-refractivity contribution in [3.05, 3.63) is 24.3 Å². The molecule has 278 valence electrons. The third-order valence-electron chi connectivity index (χ3n) is 9.30. The number of Topliss-reactive ketones (excluding diaryl/α,β-unsaturated/α-hetero) is 1. The fourth-order valence-electron chi connectivity index (χ4n) is 6.25. The average Bonchev–Trinajstić information content (AvgIpc) is 3.32. The molecule has 0 radical (unpaired) electrons. The van der Waals surface area contributed by atoms with Crippen molar-refractivity contribution in [2.24, 2.45) is 17.8 Å². The van der Waals surface area contributed by atoms with Crippen LogP contribution in [0.15, 0.2) is 24.3 Å². The first-order chi connectivity index (χ1) is 23.2. The number of unbranched alkanes of at least 4 members (excludes halogenated alkanes) is 13. The number of esters is 2. The molecule has 48 heavy (non-hydrogen) atoms. The van der Waals surface area contributed by atoms with E-state index in [2.05, 4.69) is 20.8 Å². The minimum Gasteiger partial charge on any atom is -0.462 e. The van der Waals surface area contributed by atoms with Crippen molar-refractivity contribution < 1.29 is 39.2 Å². The Labute approximate surface area is 292 Å². The Bertz CT molecular complexity index is 898. The standard InChI is InChI=1S/C40H70O8/c1-4-5-17-23-33(42)27-28-36-35(37(43)29-38(36)44)24-19-15-16-20-25-39(45)47-31-34(30-41)48-40(46)26-21-14-12-10-8-6-7-9-11-13-18-22-32(2)3/h15,19,27-28,32-37,41-43H,4-14,16-18,20-26,29-31H2,1-3H3/b19-15-,28-27+/t33-,34-,35+,36+,37-/m0/s1. The molecule has 1 rings (SSSR count). The monoisotopic (exact) mass is 679 g/mol. The summed E-state index contributed by atoms with van der Waals surface area (Å²) < 4.78 is 10.5. The molecule has 1 aliphatic carbocycles. The van der Waals surface area contributed by atoms with Gasteiger partial charge in [0.15, 0.2) is 6.10 Å². The highest BCUT2D eigenvalue weighted by Crippen LogP contribution is 2.33. The summed E-state index contributed by atoms with van der Waals surface area (Å²) in [6.45, 7) is 6.13. The van der Waals surface area contributed by atoms with E-state index in [0.29, 0.717) is 32.1 Å². The summed E-state index contributed by atoms with van der Waals surface area (Å²) in [5, 5.41) is 30.1. The molecule has 1 aliphatic rings. The molecule has 3 N–H and O–H groups in total. The van der Waals surface area contributed by atoms with Gasteiger partial charge in [-0.05, 0) is 38.0 Å². The second-order valence-electron chi connectivity index (χ2n) is 14.3. The highest BCUT2D eigenvalue weighted by Gasteiger charge is 2.39. The number of ketones is 1. The van der Waals surface area contributed by atoms with Gasteiger partial charge in [0.2, 0.25) is 0 Å². The number of rotatable bonds is 30. The van der Waals surface area contributed by atoms with E-state index in [1.165, 1.54) is 57.8 Å². The third-order valence-corrected chi connectivity index (χ3v) is 9.30. The van der Waals surface area contributed by atoms with Crippen LogP contribution < -0.4 is 0 Å². The van der Waals surface area contributed by atoms with Crippen LogP contribution in [0.3, 0.4) is 0 Å². The predicted molar refractivity (Wildman–Crippen MR) is 192 cm³/mol. The number of aliphatic hydroxyl groups is 3. The topological polar surface area (TPSA) is 130 Å². The second-order valence-corrected chi connectivity index (χ2v) is 14.3. The fraction of sp³-hybridized carbons (Fsp3) is 0.825. The van der Waals surface area contributed by atoms with E-state index >= 15 is 0 Å². The number of aliphatic hydroxyl groups excluding tert-OH is 3. The van der Waals surface area contributed by atoms with Crippen LogP contribution in [0.1, 0.15) is 162 Å². The van der Waals surface area contributed by atoms with E-state index in [1.807, 2.05) is 12.2 Å². The van der Waals surface area contributed by atoms with E-state index < -0.39 is 36.8 Å². The van der Waals surface area contributed by atoms with Crippen molar-refractivity contribution in [1.82, 2.24) is 0 Å². The van der Waals surface area contributed by atoms with Crippen LogP contribution in [0, 0.1) is 17.8 Å². The first kappa shape index (κ1) is 44.0. The Morgan fingerprint density at radius 3 is 2.06 bits per heavy atom. The van der Waals surface area contributed by atoms with Crippen LogP contribution in [-0.4, -0.2) is 64.6 Å². The lowest BCUT2D eigenvalue weighted by Gasteiger charge is -2.17. The quantitative estimate of drug-likeness (QED) is 0.0393. The molecule has 1 fully saturated rings. The highest BCUT2D eigenvalue weighted by atomic mass is 16.6. The largest absolute Gasteiger partial charge is 0.462 e. The minimum atomic E-state index is -0.855.